The lowest BCUT2D eigenvalue weighted by molar-refractivity contribution is -0.119. The van der Waals surface area contributed by atoms with Gasteiger partial charge in [-0.2, -0.15) is 0 Å². The Bertz CT molecular complexity index is 384. The number of hydrogen-bond acceptors (Lipinski definition) is 2. The zero-order valence-electron chi connectivity index (χ0n) is 10.6. The highest BCUT2D eigenvalue weighted by Crippen LogP contribution is 2.07. The molecule has 0 saturated heterocycles. The van der Waals surface area contributed by atoms with Gasteiger partial charge in [-0.25, -0.2) is 0 Å². The van der Waals surface area contributed by atoms with Gasteiger partial charge in [-0.05, 0) is 31.4 Å². The largest absolute Gasteiger partial charge is 0.342 e. The fourth-order valence-corrected chi connectivity index (χ4v) is 1.63. The van der Waals surface area contributed by atoms with Crippen LogP contribution in [-0.4, -0.2) is 17.7 Å². The predicted octanol–water partition coefficient (Wildman–Crippen LogP) is 2.42. The van der Waals surface area contributed by atoms with E-state index in [2.05, 4.69) is 5.32 Å². The first-order valence-electron chi connectivity index (χ1n) is 5.87. The second-order valence-corrected chi connectivity index (χ2v) is 4.63. The van der Waals surface area contributed by atoms with Crippen molar-refractivity contribution in [2.45, 2.75) is 33.2 Å². The van der Waals surface area contributed by atoms with Gasteiger partial charge in [0, 0.05) is 5.56 Å². The number of benzene rings is 1. The van der Waals surface area contributed by atoms with Crippen molar-refractivity contribution >= 4 is 11.7 Å². The number of Topliss-reactive ketones (excluding diaryl/α,β-unsaturated/α-hetero) is 1. The highest BCUT2D eigenvalue weighted by atomic mass is 16.2. The van der Waals surface area contributed by atoms with Crippen LogP contribution >= 0.6 is 0 Å². The van der Waals surface area contributed by atoms with Crippen LogP contribution in [0.25, 0.3) is 0 Å². The van der Waals surface area contributed by atoms with Gasteiger partial charge in [0.25, 0.3) is 5.91 Å². The summed E-state index contributed by atoms with van der Waals surface area (Å²) in [6, 6.07) is 8.56. The van der Waals surface area contributed by atoms with Gasteiger partial charge >= 0.3 is 0 Å². The Hall–Kier alpha value is -1.64. The van der Waals surface area contributed by atoms with Gasteiger partial charge in [0.2, 0.25) is 0 Å². The van der Waals surface area contributed by atoms with Crippen molar-refractivity contribution < 1.29 is 9.59 Å². The summed E-state index contributed by atoms with van der Waals surface area (Å²) in [5.41, 5.74) is 0.586. The molecule has 0 radical (unpaired) electrons. The Morgan fingerprint density at radius 2 is 1.76 bits per heavy atom. The number of carbonyl (C=O) groups excluding carboxylic acids is 2. The minimum atomic E-state index is -0.386. The van der Waals surface area contributed by atoms with Gasteiger partial charge in [0.1, 0.15) is 0 Å². The van der Waals surface area contributed by atoms with Crippen LogP contribution in [-0.2, 0) is 4.79 Å². The first-order chi connectivity index (χ1) is 8.00. The quantitative estimate of drug-likeness (QED) is 0.849. The topological polar surface area (TPSA) is 46.2 Å². The smallest absolute Gasteiger partial charge is 0.251 e. The summed E-state index contributed by atoms with van der Waals surface area (Å²) in [6.45, 7) is 5.58. The molecule has 17 heavy (non-hydrogen) atoms. The standard InChI is InChI=1S/C14H19NO2/c1-10(2)9-13(11(3)16)15-14(17)12-7-5-4-6-8-12/h4-8,10,13H,9H2,1-3H3,(H,15,17)/t13-/m0/s1. The maximum atomic E-state index is 11.9. The Balaban J connectivity index is 2.68. The third-order valence-electron chi connectivity index (χ3n) is 2.54. The van der Waals surface area contributed by atoms with Crippen LogP contribution < -0.4 is 5.32 Å². The molecular formula is C14H19NO2. The van der Waals surface area contributed by atoms with Gasteiger partial charge in [-0.15, -0.1) is 0 Å². The Morgan fingerprint density at radius 1 is 1.18 bits per heavy atom. The summed E-state index contributed by atoms with van der Waals surface area (Å²) < 4.78 is 0. The van der Waals surface area contributed by atoms with E-state index in [9.17, 15) is 9.59 Å². The number of hydrogen-bond donors (Lipinski definition) is 1. The van der Waals surface area contributed by atoms with Crippen LogP contribution in [0.1, 0.15) is 37.6 Å². The summed E-state index contributed by atoms with van der Waals surface area (Å²) in [6.07, 6.45) is 0.675. The van der Waals surface area contributed by atoms with Crippen molar-refractivity contribution in [2.75, 3.05) is 0 Å². The molecule has 1 rings (SSSR count). The van der Waals surface area contributed by atoms with Crippen molar-refractivity contribution in [1.29, 1.82) is 0 Å². The molecule has 1 amide bonds. The number of rotatable bonds is 5. The zero-order valence-corrected chi connectivity index (χ0v) is 10.6. The molecule has 1 aromatic carbocycles. The molecule has 1 aromatic rings. The molecule has 3 nitrogen and oxygen atoms in total. The fourth-order valence-electron chi connectivity index (χ4n) is 1.63. The maximum absolute atomic E-state index is 11.9. The highest BCUT2D eigenvalue weighted by molar-refractivity contribution is 5.97. The van der Waals surface area contributed by atoms with Crippen LogP contribution in [0.15, 0.2) is 30.3 Å². The molecular weight excluding hydrogens is 214 g/mol. The molecule has 0 aliphatic rings. The molecule has 0 heterocycles. The van der Waals surface area contributed by atoms with Crippen LogP contribution in [0.4, 0.5) is 0 Å². The van der Waals surface area contributed by atoms with Crippen molar-refractivity contribution in [2.24, 2.45) is 5.92 Å². The minimum Gasteiger partial charge on any atom is -0.342 e. The van der Waals surface area contributed by atoms with Crippen molar-refractivity contribution in [3.05, 3.63) is 35.9 Å². The molecule has 1 atom stereocenters. The summed E-state index contributed by atoms with van der Waals surface area (Å²) >= 11 is 0. The SMILES string of the molecule is CC(=O)[C@H](CC(C)C)NC(=O)c1ccccc1. The van der Waals surface area contributed by atoms with Gasteiger partial charge < -0.3 is 5.32 Å². The van der Waals surface area contributed by atoms with E-state index >= 15 is 0 Å². The Morgan fingerprint density at radius 3 is 2.24 bits per heavy atom. The lowest BCUT2D eigenvalue weighted by atomic mass is 10.0. The lowest BCUT2D eigenvalue weighted by Gasteiger charge is -2.17. The first kappa shape index (κ1) is 13.4. The van der Waals surface area contributed by atoms with E-state index in [-0.39, 0.29) is 17.7 Å². The summed E-state index contributed by atoms with van der Waals surface area (Å²) in [4.78, 5) is 23.3. The van der Waals surface area contributed by atoms with Crippen LogP contribution in [0.5, 0.6) is 0 Å². The molecule has 0 unspecified atom stereocenters. The lowest BCUT2D eigenvalue weighted by Crippen LogP contribution is -2.40. The van der Waals surface area contributed by atoms with Gasteiger partial charge in [0.05, 0.1) is 6.04 Å². The van der Waals surface area contributed by atoms with Crippen molar-refractivity contribution in [3.63, 3.8) is 0 Å². The van der Waals surface area contributed by atoms with E-state index in [1.165, 1.54) is 6.92 Å². The summed E-state index contributed by atoms with van der Waals surface area (Å²) in [5.74, 6) is 0.189. The van der Waals surface area contributed by atoms with Gasteiger partial charge in [-0.1, -0.05) is 32.0 Å². The molecule has 0 bridgehead atoms. The normalized spacial score (nSPS) is 12.2. The Labute approximate surface area is 102 Å². The molecule has 92 valence electrons. The second-order valence-electron chi connectivity index (χ2n) is 4.63. The van der Waals surface area contributed by atoms with E-state index in [4.69, 9.17) is 0 Å². The summed E-state index contributed by atoms with van der Waals surface area (Å²) in [7, 11) is 0. The molecule has 0 aliphatic carbocycles. The molecule has 3 heteroatoms. The molecule has 0 aromatic heterocycles. The first-order valence-corrected chi connectivity index (χ1v) is 5.87. The third-order valence-corrected chi connectivity index (χ3v) is 2.54. The third kappa shape index (κ3) is 4.39. The number of amides is 1. The van der Waals surface area contributed by atoms with E-state index in [0.717, 1.165) is 0 Å². The molecule has 0 fully saturated rings. The molecule has 0 saturated carbocycles. The Kier molecular flexibility index (Phi) is 4.88. The fraction of sp³-hybridized carbons (Fsp3) is 0.429. The van der Waals surface area contributed by atoms with Crippen molar-refractivity contribution in [3.8, 4) is 0 Å². The number of ketones is 1. The average molecular weight is 233 g/mol. The summed E-state index contributed by atoms with van der Waals surface area (Å²) in [5, 5.41) is 2.78. The molecule has 1 N–H and O–H groups in total. The van der Waals surface area contributed by atoms with Crippen molar-refractivity contribution in [1.82, 2.24) is 5.32 Å². The van der Waals surface area contributed by atoms with E-state index in [1.807, 2.05) is 19.9 Å². The molecule has 0 spiro atoms. The van der Waals surface area contributed by atoms with Gasteiger partial charge in [0.15, 0.2) is 5.78 Å². The predicted molar refractivity (Wildman–Crippen MR) is 67.8 cm³/mol. The zero-order chi connectivity index (χ0) is 12.8. The van der Waals surface area contributed by atoms with E-state index < -0.39 is 0 Å². The maximum Gasteiger partial charge on any atom is 0.251 e. The van der Waals surface area contributed by atoms with Crippen LogP contribution in [0.2, 0.25) is 0 Å². The van der Waals surface area contributed by atoms with Crippen LogP contribution in [0, 0.1) is 5.92 Å². The number of carbonyl (C=O) groups is 2. The van der Waals surface area contributed by atoms with Crippen LogP contribution in [0.3, 0.4) is 0 Å². The average Bonchev–Trinajstić information content (AvgIpc) is 2.28. The minimum absolute atomic E-state index is 0.00276. The van der Waals surface area contributed by atoms with E-state index in [0.29, 0.717) is 17.9 Å². The number of nitrogens with one attached hydrogen (secondary N) is 1. The highest BCUT2D eigenvalue weighted by Gasteiger charge is 2.18. The van der Waals surface area contributed by atoms with E-state index in [1.54, 1.807) is 24.3 Å². The second kappa shape index (κ2) is 6.18. The molecule has 0 aliphatic heterocycles. The van der Waals surface area contributed by atoms with Gasteiger partial charge in [-0.3, -0.25) is 9.59 Å². The monoisotopic (exact) mass is 233 g/mol.